The molecule has 2 N–H and O–H groups in total. The molecular weight excluding hydrogens is 416 g/mol. The number of nitrogens with one attached hydrogen (secondary N) is 2. The maximum absolute atomic E-state index is 12.8. The molecule has 3 rings (SSSR count). The van der Waals surface area contributed by atoms with Gasteiger partial charge in [-0.3, -0.25) is 0 Å². The molecule has 0 bridgehead atoms. The Balaban J connectivity index is 1.89. The van der Waals surface area contributed by atoms with Crippen LogP contribution in [0.2, 0.25) is 0 Å². The van der Waals surface area contributed by atoms with E-state index in [2.05, 4.69) is 33.5 Å². The predicted molar refractivity (Wildman–Crippen MR) is 102 cm³/mol. The third-order valence-electron chi connectivity index (χ3n) is 4.57. The molecule has 0 saturated heterocycles. The smallest absolute Gasteiger partial charge is 0.338 e. The van der Waals surface area contributed by atoms with Gasteiger partial charge < -0.3 is 24.8 Å². The number of allylic oxidation sites excluding steroid dienone is 1. The Morgan fingerprint density at radius 2 is 2.07 bits per heavy atom. The molecule has 0 aliphatic carbocycles. The molecule has 0 fully saturated rings. The fourth-order valence-electron chi connectivity index (χ4n) is 3.22. The Morgan fingerprint density at radius 1 is 1.37 bits per heavy atom. The van der Waals surface area contributed by atoms with Gasteiger partial charge in [-0.1, -0.05) is 36.2 Å². The van der Waals surface area contributed by atoms with Crippen molar-refractivity contribution in [2.45, 2.75) is 39.7 Å². The number of hydrogen-bond acceptors (Lipinski definition) is 5. The number of ether oxygens (including phenoxy) is 3. The largest absolute Gasteiger partial charge is 0.462 e. The van der Waals surface area contributed by atoms with E-state index in [1.165, 1.54) is 0 Å². The molecule has 146 valence electrons. The van der Waals surface area contributed by atoms with E-state index in [4.69, 9.17) is 14.2 Å². The van der Waals surface area contributed by atoms with Crippen LogP contribution in [0.4, 0.5) is 4.79 Å². The zero-order valence-electron chi connectivity index (χ0n) is 15.6. The molecule has 8 heteroatoms. The van der Waals surface area contributed by atoms with Gasteiger partial charge in [0.1, 0.15) is 0 Å². The van der Waals surface area contributed by atoms with Gasteiger partial charge in [-0.15, -0.1) is 0 Å². The van der Waals surface area contributed by atoms with Gasteiger partial charge in [-0.05, 0) is 37.0 Å². The van der Waals surface area contributed by atoms with Gasteiger partial charge in [-0.25, -0.2) is 9.59 Å². The summed E-state index contributed by atoms with van der Waals surface area (Å²) in [5.74, 6) is 1.02. The highest BCUT2D eigenvalue weighted by Crippen LogP contribution is 2.41. The van der Waals surface area contributed by atoms with Gasteiger partial charge in [0.15, 0.2) is 11.5 Å². The Labute approximate surface area is 166 Å². The standard InChI is InChI=1S/C19H23BrN2O5/c1-4-5-10(2)8-25-18(23)16-11(3)21-19(24)22-17(16)12-6-14-15(7-13(12)20)27-9-26-14/h6-7,10,17H,4-5,8-9H2,1-3H3,(H2,21,22,24)/t10-,17+/m1/s1. The van der Waals surface area contributed by atoms with E-state index in [1.807, 2.05) is 6.92 Å². The number of esters is 1. The number of benzene rings is 1. The maximum Gasteiger partial charge on any atom is 0.338 e. The summed E-state index contributed by atoms with van der Waals surface area (Å²) < 4.78 is 17.0. The minimum Gasteiger partial charge on any atom is -0.462 e. The average Bonchev–Trinajstić information content (AvgIpc) is 3.05. The minimum absolute atomic E-state index is 0.142. The van der Waals surface area contributed by atoms with Crippen LogP contribution in [0.15, 0.2) is 27.9 Å². The van der Waals surface area contributed by atoms with Crippen molar-refractivity contribution in [3.63, 3.8) is 0 Å². The second-order valence-corrected chi connectivity index (χ2v) is 7.64. The molecular formula is C19H23BrN2O5. The second-order valence-electron chi connectivity index (χ2n) is 6.79. The van der Waals surface area contributed by atoms with Crippen LogP contribution in [0, 0.1) is 5.92 Å². The lowest BCUT2D eigenvalue weighted by atomic mass is 9.95. The first-order valence-electron chi connectivity index (χ1n) is 8.95. The highest BCUT2D eigenvalue weighted by Gasteiger charge is 2.34. The average molecular weight is 439 g/mol. The van der Waals surface area contributed by atoms with E-state index in [-0.39, 0.29) is 18.7 Å². The normalized spacial score (nSPS) is 19.4. The summed E-state index contributed by atoms with van der Waals surface area (Å²) in [6.07, 6.45) is 2.02. The molecule has 2 aliphatic rings. The Morgan fingerprint density at radius 3 is 2.78 bits per heavy atom. The number of amides is 2. The summed E-state index contributed by atoms with van der Waals surface area (Å²) in [7, 11) is 0. The van der Waals surface area contributed by atoms with Gasteiger partial charge in [-0.2, -0.15) is 0 Å². The van der Waals surface area contributed by atoms with Gasteiger partial charge >= 0.3 is 12.0 Å². The first-order valence-corrected chi connectivity index (χ1v) is 9.74. The van der Waals surface area contributed by atoms with Crippen LogP contribution in [0.1, 0.15) is 45.2 Å². The first kappa shape index (κ1) is 19.5. The molecule has 0 unspecified atom stereocenters. The second kappa shape index (κ2) is 8.21. The summed E-state index contributed by atoms with van der Waals surface area (Å²) in [6.45, 7) is 6.32. The molecule has 7 nitrogen and oxygen atoms in total. The Bertz CT molecular complexity index is 793. The lowest BCUT2D eigenvalue weighted by Crippen LogP contribution is -2.45. The highest BCUT2D eigenvalue weighted by molar-refractivity contribution is 9.10. The van der Waals surface area contributed by atoms with Gasteiger partial charge in [0.25, 0.3) is 0 Å². The molecule has 0 spiro atoms. The third kappa shape index (κ3) is 4.21. The molecule has 2 heterocycles. The predicted octanol–water partition coefficient (Wildman–Crippen LogP) is 3.79. The van der Waals surface area contributed by atoms with E-state index in [0.29, 0.717) is 39.4 Å². The molecule has 0 radical (unpaired) electrons. The van der Waals surface area contributed by atoms with Crippen LogP contribution in [-0.2, 0) is 9.53 Å². The molecule has 0 aromatic heterocycles. The van der Waals surface area contributed by atoms with Crippen LogP contribution >= 0.6 is 15.9 Å². The quantitative estimate of drug-likeness (QED) is 0.659. The van der Waals surface area contributed by atoms with Crippen molar-refractivity contribution >= 4 is 27.9 Å². The molecule has 2 atom stereocenters. The van der Waals surface area contributed by atoms with Gasteiger partial charge in [0.2, 0.25) is 6.79 Å². The van der Waals surface area contributed by atoms with Crippen molar-refractivity contribution in [1.82, 2.24) is 10.6 Å². The number of carbonyl (C=O) groups excluding carboxylic acids is 2. The van der Waals surface area contributed by atoms with Crippen LogP contribution in [0.25, 0.3) is 0 Å². The molecule has 0 saturated carbocycles. The molecule has 2 aliphatic heterocycles. The monoisotopic (exact) mass is 438 g/mol. The van der Waals surface area contributed by atoms with Crippen LogP contribution in [0.5, 0.6) is 11.5 Å². The summed E-state index contributed by atoms with van der Waals surface area (Å²) >= 11 is 3.50. The third-order valence-corrected chi connectivity index (χ3v) is 5.26. The van der Waals surface area contributed by atoms with E-state index in [1.54, 1.807) is 19.1 Å². The van der Waals surface area contributed by atoms with Crippen molar-refractivity contribution < 1.29 is 23.8 Å². The number of hydrogen-bond donors (Lipinski definition) is 2. The maximum atomic E-state index is 12.8. The lowest BCUT2D eigenvalue weighted by molar-refractivity contribution is -0.140. The van der Waals surface area contributed by atoms with Gasteiger partial charge in [0.05, 0.1) is 18.2 Å². The number of halogens is 1. The van der Waals surface area contributed by atoms with Crippen molar-refractivity contribution in [3.05, 3.63) is 33.4 Å². The van der Waals surface area contributed by atoms with Crippen molar-refractivity contribution in [2.24, 2.45) is 5.92 Å². The van der Waals surface area contributed by atoms with E-state index in [0.717, 1.165) is 12.8 Å². The fraction of sp³-hybridized carbons (Fsp3) is 0.474. The fourth-order valence-corrected chi connectivity index (χ4v) is 3.77. The first-order chi connectivity index (χ1) is 12.9. The summed E-state index contributed by atoms with van der Waals surface area (Å²) in [4.78, 5) is 24.9. The summed E-state index contributed by atoms with van der Waals surface area (Å²) in [5.41, 5.74) is 1.54. The summed E-state index contributed by atoms with van der Waals surface area (Å²) in [6, 6.07) is 2.51. The van der Waals surface area contributed by atoms with E-state index < -0.39 is 12.0 Å². The van der Waals surface area contributed by atoms with E-state index in [9.17, 15) is 9.59 Å². The Kier molecular flexibility index (Phi) is 5.94. The highest BCUT2D eigenvalue weighted by atomic mass is 79.9. The molecule has 27 heavy (non-hydrogen) atoms. The van der Waals surface area contributed by atoms with Gasteiger partial charge in [0, 0.05) is 10.2 Å². The van der Waals surface area contributed by atoms with Crippen molar-refractivity contribution in [2.75, 3.05) is 13.4 Å². The SMILES string of the molecule is CCC[C@@H](C)COC(=O)C1=C(C)NC(=O)N[C@H]1c1cc2c(cc1Br)OCO2. The van der Waals surface area contributed by atoms with Crippen molar-refractivity contribution in [3.8, 4) is 11.5 Å². The van der Waals surface area contributed by atoms with Crippen molar-refractivity contribution in [1.29, 1.82) is 0 Å². The number of fused-ring (bicyclic) bond motifs is 1. The number of carbonyl (C=O) groups is 2. The number of rotatable bonds is 6. The van der Waals surface area contributed by atoms with Crippen LogP contribution in [-0.4, -0.2) is 25.4 Å². The summed E-state index contributed by atoms with van der Waals surface area (Å²) in [5, 5.41) is 5.46. The Hall–Kier alpha value is -2.22. The topological polar surface area (TPSA) is 85.9 Å². The van der Waals surface area contributed by atoms with Crippen LogP contribution < -0.4 is 20.1 Å². The molecule has 1 aromatic carbocycles. The lowest BCUT2D eigenvalue weighted by Gasteiger charge is -2.29. The van der Waals surface area contributed by atoms with Crippen LogP contribution in [0.3, 0.4) is 0 Å². The zero-order valence-corrected chi connectivity index (χ0v) is 17.1. The zero-order chi connectivity index (χ0) is 19.6. The van der Waals surface area contributed by atoms with E-state index >= 15 is 0 Å². The number of urea groups is 1. The molecule has 2 amide bonds. The molecule has 1 aromatic rings. The minimum atomic E-state index is -0.656.